The fraction of sp³-hybridized carbons (Fsp3) is 0.478. The Morgan fingerprint density at radius 3 is 2.82 bits per heavy atom. The zero-order valence-electron chi connectivity index (χ0n) is 16.6. The molecule has 1 saturated heterocycles. The Balaban J connectivity index is 1.48. The van der Waals surface area contributed by atoms with E-state index in [1.807, 2.05) is 48.4 Å². The molecule has 1 aliphatic carbocycles. The summed E-state index contributed by atoms with van der Waals surface area (Å²) in [5.41, 5.74) is 3.91. The normalized spacial score (nSPS) is 18.8. The summed E-state index contributed by atoms with van der Waals surface area (Å²) in [4.78, 5) is 19.6. The largest absolute Gasteiger partial charge is 0.381 e. The van der Waals surface area contributed by atoms with Crippen LogP contribution in [0.4, 0.5) is 5.69 Å². The highest BCUT2D eigenvalue weighted by Crippen LogP contribution is 2.31. The van der Waals surface area contributed by atoms with Crippen molar-refractivity contribution in [3.63, 3.8) is 0 Å². The van der Waals surface area contributed by atoms with Crippen LogP contribution in [0.1, 0.15) is 47.2 Å². The van der Waals surface area contributed by atoms with Gasteiger partial charge in [0.1, 0.15) is 0 Å². The second kappa shape index (κ2) is 8.74. The quantitative estimate of drug-likeness (QED) is 0.752. The molecular formula is C23H29N3O2. The Labute approximate surface area is 167 Å². The van der Waals surface area contributed by atoms with Crippen molar-refractivity contribution in [1.29, 1.82) is 0 Å². The molecule has 1 aromatic heterocycles. The van der Waals surface area contributed by atoms with E-state index in [-0.39, 0.29) is 12.0 Å². The van der Waals surface area contributed by atoms with Gasteiger partial charge in [-0.3, -0.25) is 9.78 Å². The molecule has 1 aromatic carbocycles. The van der Waals surface area contributed by atoms with Crippen LogP contribution in [-0.2, 0) is 11.3 Å². The minimum atomic E-state index is 0.130. The first-order valence-corrected chi connectivity index (χ1v) is 10.3. The lowest BCUT2D eigenvalue weighted by Crippen LogP contribution is -2.39. The van der Waals surface area contributed by atoms with Gasteiger partial charge in [0.05, 0.1) is 6.10 Å². The molecule has 0 bridgehead atoms. The Kier molecular flexibility index (Phi) is 5.91. The summed E-state index contributed by atoms with van der Waals surface area (Å²) in [6, 6.07) is 9.93. The van der Waals surface area contributed by atoms with Crippen LogP contribution < -0.4 is 5.32 Å². The number of hydrogen-bond acceptors (Lipinski definition) is 4. The molecular weight excluding hydrogens is 350 g/mol. The van der Waals surface area contributed by atoms with Gasteiger partial charge in [0.15, 0.2) is 0 Å². The summed E-state index contributed by atoms with van der Waals surface area (Å²) < 4.78 is 5.80. The van der Waals surface area contributed by atoms with Crippen molar-refractivity contribution in [3.8, 4) is 0 Å². The summed E-state index contributed by atoms with van der Waals surface area (Å²) in [5.74, 6) is 0.794. The van der Waals surface area contributed by atoms with Crippen molar-refractivity contribution in [3.05, 3.63) is 59.4 Å². The predicted molar refractivity (Wildman–Crippen MR) is 110 cm³/mol. The molecule has 0 radical (unpaired) electrons. The molecule has 2 aliphatic rings. The third-order valence-electron chi connectivity index (χ3n) is 5.68. The molecule has 2 aromatic rings. The van der Waals surface area contributed by atoms with Gasteiger partial charge in [0, 0.05) is 49.9 Å². The average Bonchev–Trinajstić information content (AvgIpc) is 3.39. The Bertz CT molecular complexity index is 799. The topological polar surface area (TPSA) is 54.5 Å². The molecule has 1 amide bonds. The van der Waals surface area contributed by atoms with E-state index in [0.717, 1.165) is 48.4 Å². The number of ether oxygens (including phenoxy) is 1. The van der Waals surface area contributed by atoms with Gasteiger partial charge in [0.25, 0.3) is 5.91 Å². The number of anilines is 1. The molecule has 1 aliphatic heterocycles. The monoisotopic (exact) mass is 379 g/mol. The molecule has 5 heteroatoms. The maximum Gasteiger partial charge on any atom is 0.254 e. The maximum absolute atomic E-state index is 13.4. The first-order valence-electron chi connectivity index (χ1n) is 10.3. The SMILES string of the molecule is Cc1c(NCc2cccnc2)cccc1C(=O)N(CC1CC1)CC1CCCO1. The van der Waals surface area contributed by atoms with E-state index in [0.29, 0.717) is 19.0 Å². The molecule has 28 heavy (non-hydrogen) atoms. The summed E-state index contributed by atoms with van der Waals surface area (Å²) in [6.45, 7) is 5.10. The predicted octanol–water partition coefficient (Wildman–Crippen LogP) is 4.03. The number of aromatic nitrogens is 1. The first kappa shape index (κ1) is 18.9. The van der Waals surface area contributed by atoms with Crippen molar-refractivity contribution in [2.45, 2.75) is 45.3 Å². The minimum Gasteiger partial charge on any atom is -0.381 e. The number of carbonyl (C=O) groups is 1. The van der Waals surface area contributed by atoms with Crippen LogP contribution in [0, 0.1) is 12.8 Å². The standard InChI is InChI=1S/C23H29N3O2/c1-17-21(7-2-8-22(17)25-14-19-5-3-11-24-13-19)23(27)26(15-18-9-10-18)16-20-6-4-12-28-20/h2-3,5,7-8,11,13,18,20,25H,4,6,9-10,12,14-16H2,1H3. The minimum absolute atomic E-state index is 0.130. The van der Waals surface area contributed by atoms with Gasteiger partial charge in [-0.25, -0.2) is 0 Å². The third kappa shape index (κ3) is 4.71. The number of nitrogens with zero attached hydrogens (tertiary/aromatic N) is 2. The van der Waals surface area contributed by atoms with Gasteiger partial charge in [-0.1, -0.05) is 12.1 Å². The van der Waals surface area contributed by atoms with Crippen molar-refractivity contribution < 1.29 is 9.53 Å². The van der Waals surface area contributed by atoms with Gasteiger partial charge in [-0.2, -0.15) is 0 Å². The van der Waals surface area contributed by atoms with Crippen LogP contribution in [0.25, 0.3) is 0 Å². The van der Waals surface area contributed by atoms with Gasteiger partial charge >= 0.3 is 0 Å². The van der Waals surface area contributed by atoms with E-state index < -0.39 is 0 Å². The van der Waals surface area contributed by atoms with Gasteiger partial charge in [-0.05, 0) is 67.9 Å². The molecule has 5 nitrogen and oxygen atoms in total. The lowest BCUT2D eigenvalue weighted by atomic mass is 10.0. The van der Waals surface area contributed by atoms with Crippen LogP contribution in [0.3, 0.4) is 0 Å². The number of benzene rings is 1. The van der Waals surface area contributed by atoms with E-state index in [1.54, 1.807) is 6.20 Å². The zero-order chi connectivity index (χ0) is 19.3. The molecule has 1 atom stereocenters. The summed E-state index contributed by atoms with van der Waals surface area (Å²) in [5, 5.41) is 3.45. The molecule has 1 saturated carbocycles. The Morgan fingerprint density at radius 2 is 2.11 bits per heavy atom. The van der Waals surface area contributed by atoms with Crippen LogP contribution in [0.5, 0.6) is 0 Å². The van der Waals surface area contributed by atoms with Gasteiger partial charge in [-0.15, -0.1) is 0 Å². The van der Waals surface area contributed by atoms with E-state index in [4.69, 9.17) is 4.74 Å². The van der Waals surface area contributed by atoms with Crippen molar-refractivity contribution in [1.82, 2.24) is 9.88 Å². The van der Waals surface area contributed by atoms with Crippen molar-refractivity contribution in [2.75, 3.05) is 25.0 Å². The van der Waals surface area contributed by atoms with Crippen LogP contribution in [0.2, 0.25) is 0 Å². The van der Waals surface area contributed by atoms with Crippen LogP contribution in [0.15, 0.2) is 42.7 Å². The lowest BCUT2D eigenvalue weighted by molar-refractivity contribution is 0.0514. The van der Waals surface area contributed by atoms with Gasteiger partial charge < -0.3 is 15.0 Å². The smallest absolute Gasteiger partial charge is 0.254 e. The van der Waals surface area contributed by atoms with E-state index >= 15 is 0 Å². The Hall–Kier alpha value is -2.40. The number of rotatable bonds is 8. The summed E-state index contributed by atoms with van der Waals surface area (Å²) in [6.07, 6.45) is 8.45. The Morgan fingerprint density at radius 1 is 1.21 bits per heavy atom. The number of nitrogens with one attached hydrogen (secondary N) is 1. The van der Waals surface area contributed by atoms with E-state index in [1.165, 1.54) is 12.8 Å². The molecule has 148 valence electrons. The van der Waals surface area contributed by atoms with Gasteiger partial charge in [0.2, 0.25) is 0 Å². The number of carbonyl (C=O) groups excluding carboxylic acids is 1. The van der Waals surface area contributed by atoms with Crippen molar-refractivity contribution >= 4 is 11.6 Å². The zero-order valence-corrected chi connectivity index (χ0v) is 16.6. The second-order valence-corrected chi connectivity index (χ2v) is 7.98. The molecule has 1 N–H and O–H groups in total. The lowest BCUT2D eigenvalue weighted by Gasteiger charge is -2.26. The number of hydrogen-bond donors (Lipinski definition) is 1. The van der Waals surface area contributed by atoms with Crippen LogP contribution in [-0.4, -0.2) is 41.6 Å². The fourth-order valence-electron chi connectivity index (χ4n) is 3.82. The number of amides is 1. The molecule has 2 fully saturated rings. The number of pyridine rings is 1. The highest BCUT2D eigenvalue weighted by molar-refractivity contribution is 5.97. The molecule has 2 heterocycles. The maximum atomic E-state index is 13.4. The molecule has 4 rings (SSSR count). The van der Waals surface area contributed by atoms with E-state index in [9.17, 15) is 4.79 Å². The van der Waals surface area contributed by atoms with Crippen LogP contribution >= 0.6 is 0 Å². The molecule has 1 unspecified atom stereocenters. The summed E-state index contributed by atoms with van der Waals surface area (Å²) >= 11 is 0. The van der Waals surface area contributed by atoms with E-state index in [2.05, 4.69) is 10.3 Å². The van der Waals surface area contributed by atoms with Crippen molar-refractivity contribution in [2.24, 2.45) is 5.92 Å². The highest BCUT2D eigenvalue weighted by Gasteiger charge is 2.30. The second-order valence-electron chi connectivity index (χ2n) is 7.98. The summed E-state index contributed by atoms with van der Waals surface area (Å²) in [7, 11) is 0. The average molecular weight is 380 g/mol. The first-order chi connectivity index (χ1) is 13.7. The third-order valence-corrected chi connectivity index (χ3v) is 5.68. The highest BCUT2D eigenvalue weighted by atomic mass is 16.5. The fourth-order valence-corrected chi connectivity index (χ4v) is 3.82. The molecule has 0 spiro atoms.